The number of carbonyl (C=O) groups is 2. The number of carbonyl (C=O) groups excluding carboxylic acids is 2. The van der Waals surface area contributed by atoms with E-state index in [1.165, 1.54) is 10.9 Å². The third-order valence-corrected chi connectivity index (χ3v) is 4.77. The van der Waals surface area contributed by atoms with E-state index in [2.05, 4.69) is 15.6 Å². The predicted molar refractivity (Wildman–Crippen MR) is 109 cm³/mol. The van der Waals surface area contributed by atoms with Gasteiger partial charge < -0.3 is 10.6 Å². The summed E-state index contributed by atoms with van der Waals surface area (Å²) in [6, 6.07) is 10.5. The number of anilines is 1. The van der Waals surface area contributed by atoms with Gasteiger partial charge in [0.1, 0.15) is 6.54 Å². The predicted octanol–water partition coefficient (Wildman–Crippen LogP) is 2.42. The van der Waals surface area contributed by atoms with Gasteiger partial charge in [-0.05, 0) is 43.2 Å². The largest absolute Gasteiger partial charge is 0.345 e. The first-order valence-electron chi connectivity index (χ1n) is 8.63. The molecule has 2 N–H and O–H groups in total. The normalized spacial score (nSPS) is 10.7. The Morgan fingerprint density at radius 2 is 1.86 bits per heavy atom. The molecular formula is C20H19ClN4O3. The molecule has 0 atom stereocenters. The second kappa shape index (κ2) is 8.22. The monoisotopic (exact) mass is 398 g/mol. The third kappa shape index (κ3) is 4.20. The molecule has 2 amide bonds. The molecule has 3 rings (SSSR count). The Labute approximate surface area is 166 Å². The molecule has 1 aromatic heterocycles. The molecule has 2 aromatic carbocycles. The fourth-order valence-corrected chi connectivity index (χ4v) is 2.95. The van der Waals surface area contributed by atoms with Gasteiger partial charge in [-0.1, -0.05) is 29.8 Å². The lowest BCUT2D eigenvalue weighted by Crippen LogP contribution is -2.37. The van der Waals surface area contributed by atoms with Crippen molar-refractivity contribution in [3.63, 3.8) is 0 Å². The molecule has 0 aliphatic carbocycles. The minimum Gasteiger partial charge on any atom is -0.345 e. The van der Waals surface area contributed by atoms with Gasteiger partial charge in [0.25, 0.3) is 5.56 Å². The Kier molecular flexibility index (Phi) is 5.75. The van der Waals surface area contributed by atoms with Crippen molar-refractivity contribution in [1.29, 1.82) is 0 Å². The molecule has 0 unspecified atom stereocenters. The molecule has 0 radical (unpaired) electrons. The summed E-state index contributed by atoms with van der Waals surface area (Å²) in [6.07, 6.45) is 1.34. The number of hydrogen-bond donors (Lipinski definition) is 2. The summed E-state index contributed by atoms with van der Waals surface area (Å²) in [4.78, 5) is 41.0. The summed E-state index contributed by atoms with van der Waals surface area (Å²) in [6.45, 7) is 3.21. The minimum atomic E-state index is -0.464. The highest BCUT2D eigenvalue weighted by molar-refractivity contribution is 6.31. The highest BCUT2D eigenvalue weighted by atomic mass is 35.5. The second-order valence-corrected chi connectivity index (χ2v) is 6.79. The fourth-order valence-electron chi connectivity index (χ4n) is 2.78. The van der Waals surface area contributed by atoms with Gasteiger partial charge in [0, 0.05) is 10.7 Å². The van der Waals surface area contributed by atoms with Crippen LogP contribution in [-0.2, 0) is 16.1 Å². The molecule has 0 aliphatic rings. The number of nitrogens with zero attached hydrogens (tertiary/aromatic N) is 2. The number of rotatable bonds is 5. The number of amides is 2. The van der Waals surface area contributed by atoms with Crippen LogP contribution in [0.5, 0.6) is 0 Å². The molecule has 0 saturated carbocycles. The van der Waals surface area contributed by atoms with Gasteiger partial charge >= 0.3 is 0 Å². The van der Waals surface area contributed by atoms with Crippen LogP contribution in [0.4, 0.5) is 5.69 Å². The average Bonchev–Trinajstić information content (AvgIpc) is 2.66. The Balaban J connectivity index is 1.62. The van der Waals surface area contributed by atoms with Gasteiger partial charge in [-0.3, -0.25) is 19.0 Å². The van der Waals surface area contributed by atoms with Gasteiger partial charge in [-0.25, -0.2) is 4.98 Å². The summed E-state index contributed by atoms with van der Waals surface area (Å²) in [5.74, 6) is -0.854. The number of benzene rings is 2. The van der Waals surface area contributed by atoms with Crippen molar-refractivity contribution in [3.05, 3.63) is 69.2 Å². The van der Waals surface area contributed by atoms with Crippen LogP contribution < -0.4 is 16.2 Å². The Morgan fingerprint density at radius 1 is 1.11 bits per heavy atom. The van der Waals surface area contributed by atoms with Gasteiger partial charge in [-0.2, -0.15) is 0 Å². The van der Waals surface area contributed by atoms with E-state index >= 15 is 0 Å². The molecule has 7 nitrogen and oxygen atoms in total. The Morgan fingerprint density at radius 3 is 2.64 bits per heavy atom. The summed E-state index contributed by atoms with van der Waals surface area (Å²) in [7, 11) is 0. The zero-order chi connectivity index (χ0) is 20.3. The SMILES string of the molecule is Cc1c(Cl)cccc1NC(=O)CNC(=O)Cn1cnc2c(C)cccc2c1=O. The van der Waals surface area contributed by atoms with E-state index < -0.39 is 11.8 Å². The molecule has 0 bridgehead atoms. The first-order valence-corrected chi connectivity index (χ1v) is 9.01. The summed E-state index contributed by atoms with van der Waals surface area (Å²) >= 11 is 6.02. The second-order valence-electron chi connectivity index (χ2n) is 6.39. The van der Waals surface area contributed by atoms with Crippen molar-refractivity contribution in [2.45, 2.75) is 20.4 Å². The molecule has 144 valence electrons. The topological polar surface area (TPSA) is 93.1 Å². The van der Waals surface area contributed by atoms with Gasteiger partial charge in [0.2, 0.25) is 11.8 Å². The highest BCUT2D eigenvalue weighted by Crippen LogP contribution is 2.22. The fraction of sp³-hybridized carbons (Fsp3) is 0.200. The van der Waals surface area contributed by atoms with Crippen LogP contribution in [0.2, 0.25) is 5.02 Å². The van der Waals surface area contributed by atoms with E-state index in [1.807, 2.05) is 13.0 Å². The van der Waals surface area contributed by atoms with E-state index in [-0.39, 0.29) is 18.6 Å². The van der Waals surface area contributed by atoms with Crippen molar-refractivity contribution in [2.75, 3.05) is 11.9 Å². The lowest BCUT2D eigenvalue weighted by atomic mass is 10.1. The summed E-state index contributed by atoms with van der Waals surface area (Å²) in [5, 5.41) is 6.18. The van der Waals surface area contributed by atoms with Crippen LogP contribution in [0.1, 0.15) is 11.1 Å². The van der Waals surface area contributed by atoms with Crippen LogP contribution in [0, 0.1) is 13.8 Å². The maximum Gasteiger partial charge on any atom is 0.261 e. The maximum absolute atomic E-state index is 12.5. The van der Waals surface area contributed by atoms with Gasteiger partial charge in [0.05, 0.1) is 23.8 Å². The summed E-state index contributed by atoms with van der Waals surface area (Å²) < 4.78 is 1.22. The van der Waals surface area contributed by atoms with Gasteiger partial charge in [-0.15, -0.1) is 0 Å². The lowest BCUT2D eigenvalue weighted by molar-refractivity contribution is -0.124. The average molecular weight is 399 g/mol. The number of aryl methyl sites for hydroxylation is 1. The standard InChI is InChI=1S/C20H19ClN4O3/c1-12-5-3-6-14-19(12)23-11-25(20(14)28)10-18(27)22-9-17(26)24-16-8-4-7-15(21)13(16)2/h3-8,11H,9-10H2,1-2H3,(H,22,27)(H,24,26). The maximum atomic E-state index is 12.5. The smallest absolute Gasteiger partial charge is 0.261 e. The molecule has 3 aromatic rings. The van der Waals surface area contributed by atoms with Crippen molar-refractivity contribution in [3.8, 4) is 0 Å². The highest BCUT2D eigenvalue weighted by Gasteiger charge is 2.11. The molecule has 0 fully saturated rings. The third-order valence-electron chi connectivity index (χ3n) is 4.36. The van der Waals surface area contributed by atoms with Crippen molar-refractivity contribution in [1.82, 2.24) is 14.9 Å². The molecule has 1 heterocycles. The van der Waals surface area contributed by atoms with E-state index in [0.717, 1.165) is 11.1 Å². The lowest BCUT2D eigenvalue weighted by Gasteiger charge is -2.11. The van der Waals surface area contributed by atoms with Crippen molar-refractivity contribution in [2.24, 2.45) is 0 Å². The first-order chi connectivity index (χ1) is 13.4. The van der Waals surface area contributed by atoms with Crippen molar-refractivity contribution >= 4 is 40.0 Å². The summed E-state index contributed by atoms with van der Waals surface area (Å²) in [5.41, 5.74) is 2.52. The van der Waals surface area contributed by atoms with E-state index in [9.17, 15) is 14.4 Å². The number of nitrogens with one attached hydrogen (secondary N) is 2. The Hall–Kier alpha value is -3.19. The molecule has 0 saturated heterocycles. The molecule has 28 heavy (non-hydrogen) atoms. The van der Waals surface area contributed by atoms with Crippen LogP contribution in [-0.4, -0.2) is 27.9 Å². The number of fused-ring (bicyclic) bond motifs is 1. The quantitative estimate of drug-likeness (QED) is 0.690. The Bertz CT molecular complexity index is 1120. The van der Waals surface area contributed by atoms with Crippen LogP contribution in [0.25, 0.3) is 10.9 Å². The van der Waals surface area contributed by atoms with E-state index in [0.29, 0.717) is 21.6 Å². The van der Waals surface area contributed by atoms with E-state index in [4.69, 9.17) is 11.6 Å². The number of para-hydroxylation sites is 1. The molecular weight excluding hydrogens is 380 g/mol. The zero-order valence-corrected chi connectivity index (χ0v) is 16.2. The number of hydrogen-bond acceptors (Lipinski definition) is 4. The number of halogens is 1. The van der Waals surface area contributed by atoms with Crippen LogP contribution >= 0.6 is 11.6 Å². The molecule has 0 aliphatic heterocycles. The van der Waals surface area contributed by atoms with Crippen molar-refractivity contribution < 1.29 is 9.59 Å². The first kappa shape index (κ1) is 19.6. The zero-order valence-electron chi connectivity index (χ0n) is 15.5. The minimum absolute atomic E-state index is 0.223. The van der Waals surface area contributed by atoms with E-state index in [1.54, 1.807) is 37.3 Å². The molecule has 8 heteroatoms. The molecule has 0 spiro atoms. The van der Waals surface area contributed by atoms with Crippen LogP contribution in [0.3, 0.4) is 0 Å². The van der Waals surface area contributed by atoms with Crippen LogP contribution in [0.15, 0.2) is 47.5 Å². The number of aromatic nitrogens is 2. The van der Waals surface area contributed by atoms with Gasteiger partial charge in [0.15, 0.2) is 0 Å².